The molecule has 3 aromatic carbocycles. The van der Waals surface area contributed by atoms with Crippen LogP contribution in [0.15, 0.2) is 54.6 Å². The molecule has 0 aliphatic carbocycles. The number of ether oxygens (including phenoxy) is 4. The second-order valence-corrected chi connectivity index (χ2v) is 7.45. The monoisotopic (exact) mass is 439 g/mol. The van der Waals surface area contributed by atoms with Crippen molar-refractivity contribution < 1.29 is 23.7 Å². The largest absolute Gasteiger partial charge is 0.496 e. The van der Waals surface area contributed by atoms with Crippen LogP contribution in [0.25, 0.3) is 0 Å². The topological polar surface area (TPSA) is 66.0 Å². The minimum atomic E-state index is -0.247. The third kappa shape index (κ3) is 4.86. The molecule has 160 valence electrons. The molecule has 0 radical (unpaired) electrons. The van der Waals surface area contributed by atoms with E-state index in [-0.39, 0.29) is 12.5 Å². The number of benzene rings is 3. The molecular formula is C24H22ClNO5. The van der Waals surface area contributed by atoms with E-state index in [0.29, 0.717) is 52.5 Å². The number of carbonyl (C=O) groups is 1. The second-order valence-electron chi connectivity index (χ2n) is 7.04. The highest BCUT2D eigenvalue weighted by Gasteiger charge is 2.15. The van der Waals surface area contributed by atoms with E-state index >= 15 is 0 Å². The van der Waals surface area contributed by atoms with Crippen LogP contribution in [0.1, 0.15) is 21.5 Å². The first-order valence-electron chi connectivity index (χ1n) is 9.80. The zero-order valence-electron chi connectivity index (χ0n) is 17.2. The van der Waals surface area contributed by atoms with E-state index in [4.69, 9.17) is 30.5 Å². The van der Waals surface area contributed by atoms with Gasteiger partial charge in [0.05, 0.1) is 7.11 Å². The van der Waals surface area contributed by atoms with Crippen molar-refractivity contribution in [3.63, 3.8) is 0 Å². The lowest BCUT2D eigenvalue weighted by atomic mass is 10.1. The normalized spacial score (nSPS) is 12.2. The summed E-state index contributed by atoms with van der Waals surface area (Å²) in [6, 6.07) is 16.0. The number of anilines is 1. The van der Waals surface area contributed by atoms with E-state index in [1.807, 2.05) is 13.0 Å². The SMILES string of the molecule is COc1ccc(C(=O)Nc2ccc3c(c2)OCCO3)cc1COc1ccc(Cl)c(C)c1. The molecule has 0 atom stereocenters. The van der Waals surface area contributed by atoms with Gasteiger partial charge in [-0.25, -0.2) is 0 Å². The molecule has 3 aromatic rings. The molecule has 0 spiro atoms. The van der Waals surface area contributed by atoms with Crippen LogP contribution in [0.3, 0.4) is 0 Å². The molecule has 6 nitrogen and oxygen atoms in total. The maximum absolute atomic E-state index is 12.8. The van der Waals surface area contributed by atoms with E-state index in [1.165, 1.54) is 0 Å². The van der Waals surface area contributed by atoms with E-state index in [1.54, 1.807) is 55.6 Å². The van der Waals surface area contributed by atoms with Crippen molar-refractivity contribution in [3.8, 4) is 23.0 Å². The summed E-state index contributed by atoms with van der Waals surface area (Å²) in [5.74, 6) is 2.37. The Hall–Kier alpha value is -3.38. The number of amides is 1. The van der Waals surface area contributed by atoms with Crippen LogP contribution >= 0.6 is 11.6 Å². The maximum Gasteiger partial charge on any atom is 0.255 e. The van der Waals surface area contributed by atoms with Gasteiger partial charge in [-0.15, -0.1) is 0 Å². The molecule has 0 aromatic heterocycles. The number of rotatable bonds is 6. The summed E-state index contributed by atoms with van der Waals surface area (Å²) in [7, 11) is 1.58. The highest BCUT2D eigenvalue weighted by molar-refractivity contribution is 6.31. The zero-order valence-corrected chi connectivity index (χ0v) is 18.0. The third-order valence-corrected chi connectivity index (χ3v) is 5.29. The fourth-order valence-corrected chi connectivity index (χ4v) is 3.34. The summed E-state index contributed by atoms with van der Waals surface area (Å²) < 4.78 is 22.4. The molecule has 1 heterocycles. The Morgan fingerprint density at radius 3 is 2.61 bits per heavy atom. The van der Waals surface area contributed by atoms with Gasteiger partial charge in [0.1, 0.15) is 31.3 Å². The van der Waals surface area contributed by atoms with Gasteiger partial charge in [-0.3, -0.25) is 4.79 Å². The Morgan fingerprint density at radius 1 is 1.03 bits per heavy atom. The molecule has 1 aliphatic rings. The fourth-order valence-electron chi connectivity index (χ4n) is 3.23. The molecule has 0 fully saturated rings. The van der Waals surface area contributed by atoms with Crippen molar-refractivity contribution in [3.05, 3.63) is 76.3 Å². The number of hydrogen-bond acceptors (Lipinski definition) is 5. The standard InChI is InChI=1S/C24H22ClNO5/c1-15-11-19(5-6-20(15)25)31-14-17-12-16(3-7-21(17)28-2)24(27)26-18-4-8-22-23(13-18)30-10-9-29-22/h3-8,11-13H,9-10,14H2,1-2H3,(H,26,27). The van der Waals surface area contributed by atoms with Gasteiger partial charge in [-0.05, 0) is 61.0 Å². The third-order valence-electron chi connectivity index (χ3n) is 4.87. The lowest BCUT2D eigenvalue weighted by Gasteiger charge is -2.19. The Bertz CT molecular complexity index is 1120. The van der Waals surface area contributed by atoms with Crippen molar-refractivity contribution in [2.75, 3.05) is 25.6 Å². The summed E-state index contributed by atoms with van der Waals surface area (Å²) in [6.45, 7) is 3.17. The van der Waals surface area contributed by atoms with Gasteiger partial charge in [0.2, 0.25) is 0 Å². The van der Waals surface area contributed by atoms with Crippen LogP contribution < -0.4 is 24.3 Å². The van der Waals surface area contributed by atoms with E-state index in [2.05, 4.69) is 5.32 Å². The molecule has 0 bridgehead atoms. The molecule has 4 rings (SSSR count). The number of fused-ring (bicyclic) bond motifs is 1. The smallest absolute Gasteiger partial charge is 0.255 e. The van der Waals surface area contributed by atoms with Gasteiger partial charge in [0.25, 0.3) is 5.91 Å². The van der Waals surface area contributed by atoms with Crippen molar-refractivity contribution in [2.24, 2.45) is 0 Å². The van der Waals surface area contributed by atoms with Crippen molar-refractivity contribution >= 4 is 23.2 Å². The number of nitrogens with one attached hydrogen (secondary N) is 1. The maximum atomic E-state index is 12.8. The van der Waals surface area contributed by atoms with Crippen molar-refractivity contribution in [1.82, 2.24) is 0 Å². The molecule has 1 N–H and O–H groups in total. The van der Waals surface area contributed by atoms with Gasteiger partial charge in [0, 0.05) is 27.9 Å². The van der Waals surface area contributed by atoms with Crippen LogP contribution in [0.2, 0.25) is 5.02 Å². The molecule has 1 aliphatic heterocycles. The van der Waals surface area contributed by atoms with Gasteiger partial charge in [-0.1, -0.05) is 11.6 Å². The summed E-state index contributed by atoms with van der Waals surface area (Å²) in [5, 5.41) is 3.57. The average Bonchev–Trinajstić information content (AvgIpc) is 2.79. The Balaban J connectivity index is 1.49. The Labute approximate surface area is 185 Å². The summed E-state index contributed by atoms with van der Waals surface area (Å²) in [5.41, 5.74) is 2.80. The first-order valence-corrected chi connectivity index (χ1v) is 10.2. The minimum absolute atomic E-state index is 0.245. The minimum Gasteiger partial charge on any atom is -0.496 e. The first-order chi connectivity index (χ1) is 15.0. The molecule has 0 unspecified atom stereocenters. The lowest BCUT2D eigenvalue weighted by Crippen LogP contribution is -2.16. The quantitative estimate of drug-likeness (QED) is 0.567. The van der Waals surface area contributed by atoms with Crippen LogP contribution in [0.4, 0.5) is 5.69 Å². The highest BCUT2D eigenvalue weighted by atomic mass is 35.5. The average molecular weight is 440 g/mol. The van der Waals surface area contributed by atoms with E-state index in [9.17, 15) is 4.79 Å². The second kappa shape index (κ2) is 9.18. The van der Waals surface area contributed by atoms with Gasteiger partial charge in [0.15, 0.2) is 11.5 Å². The van der Waals surface area contributed by atoms with Gasteiger partial charge < -0.3 is 24.3 Å². The summed E-state index contributed by atoms with van der Waals surface area (Å²) in [6.07, 6.45) is 0. The predicted molar refractivity (Wildman–Crippen MR) is 119 cm³/mol. The summed E-state index contributed by atoms with van der Waals surface area (Å²) in [4.78, 5) is 12.8. The van der Waals surface area contributed by atoms with Crippen molar-refractivity contribution in [1.29, 1.82) is 0 Å². The molecule has 0 saturated heterocycles. The highest BCUT2D eigenvalue weighted by Crippen LogP contribution is 2.33. The summed E-state index contributed by atoms with van der Waals surface area (Å²) >= 11 is 6.07. The number of halogens is 1. The zero-order chi connectivity index (χ0) is 21.8. The Kier molecular flexibility index (Phi) is 6.18. The molecule has 31 heavy (non-hydrogen) atoms. The first kappa shape index (κ1) is 20.9. The lowest BCUT2D eigenvalue weighted by molar-refractivity contribution is 0.102. The number of methoxy groups -OCH3 is 1. The van der Waals surface area contributed by atoms with Gasteiger partial charge >= 0.3 is 0 Å². The van der Waals surface area contributed by atoms with Crippen molar-refractivity contribution in [2.45, 2.75) is 13.5 Å². The number of carbonyl (C=O) groups excluding carboxylic acids is 1. The van der Waals surface area contributed by atoms with Crippen LogP contribution in [0, 0.1) is 6.92 Å². The van der Waals surface area contributed by atoms with Crippen LogP contribution in [-0.2, 0) is 6.61 Å². The predicted octanol–water partition coefficient (Wildman–Crippen LogP) is 5.26. The Morgan fingerprint density at radius 2 is 1.84 bits per heavy atom. The van der Waals surface area contributed by atoms with Crippen LogP contribution in [0.5, 0.6) is 23.0 Å². The molecule has 7 heteroatoms. The van der Waals surface area contributed by atoms with Gasteiger partial charge in [-0.2, -0.15) is 0 Å². The number of aryl methyl sites for hydroxylation is 1. The molecular weight excluding hydrogens is 418 g/mol. The van der Waals surface area contributed by atoms with E-state index in [0.717, 1.165) is 11.1 Å². The van der Waals surface area contributed by atoms with E-state index < -0.39 is 0 Å². The van der Waals surface area contributed by atoms with Crippen LogP contribution in [-0.4, -0.2) is 26.2 Å². The molecule has 1 amide bonds. The fraction of sp³-hybridized carbons (Fsp3) is 0.208. The molecule has 0 saturated carbocycles. The number of hydrogen-bond donors (Lipinski definition) is 1.